The third-order valence-electron chi connectivity index (χ3n) is 7.09. The van der Waals surface area contributed by atoms with E-state index >= 15 is 0 Å². The van der Waals surface area contributed by atoms with Crippen LogP contribution in [0.3, 0.4) is 0 Å². The molecule has 1 amide bonds. The Labute approximate surface area is 203 Å². The maximum absolute atomic E-state index is 13.8. The van der Waals surface area contributed by atoms with Gasteiger partial charge in [0.1, 0.15) is 0 Å². The van der Waals surface area contributed by atoms with Gasteiger partial charge in [-0.05, 0) is 68.9 Å². The minimum atomic E-state index is -0.402. The Morgan fingerprint density at radius 2 is 1.91 bits per heavy atom. The number of hydrogen-bond acceptors (Lipinski definition) is 4. The molecule has 0 spiro atoms. The molecule has 2 aliphatic heterocycles. The molecule has 0 aromatic heterocycles. The summed E-state index contributed by atoms with van der Waals surface area (Å²) in [4.78, 5) is 18.0. The summed E-state index contributed by atoms with van der Waals surface area (Å²) in [5, 5.41) is 0. The Kier molecular flexibility index (Phi) is 7.01. The summed E-state index contributed by atoms with van der Waals surface area (Å²) in [7, 11) is 3.74. The van der Waals surface area contributed by atoms with Crippen molar-refractivity contribution in [3.8, 4) is 11.5 Å². The van der Waals surface area contributed by atoms with Gasteiger partial charge in [0.15, 0.2) is 11.5 Å². The minimum absolute atomic E-state index is 0.00860. The van der Waals surface area contributed by atoms with Gasteiger partial charge in [-0.15, -0.1) is 0 Å². The largest absolute Gasteiger partial charge is 0.493 e. The topological polar surface area (TPSA) is 42.0 Å². The van der Waals surface area contributed by atoms with Crippen molar-refractivity contribution in [1.29, 1.82) is 0 Å². The zero-order chi connectivity index (χ0) is 24.3. The zero-order valence-corrected chi connectivity index (χ0v) is 20.9. The summed E-state index contributed by atoms with van der Waals surface area (Å²) < 4.78 is 11.8. The van der Waals surface area contributed by atoms with E-state index in [0.717, 1.165) is 49.2 Å². The molecule has 0 saturated carbocycles. The first-order valence-electron chi connectivity index (χ1n) is 12.2. The summed E-state index contributed by atoms with van der Waals surface area (Å²) in [6, 6.07) is 12.3. The molecule has 0 bridgehead atoms. The molecule has 4 rings (SSSR count). The van der Waals surface area contributed by atoms with Gasteiger partial charge in [-0.2, -0.15) is 0 Å². The Morgan fingerprint density at radius 1 is 1.12 bits per heavy atom. The molecule has 0 saturated heterocycles. The SMILES string of the molecule is C=C/C(=C\c1ccc(OC)c2c1N(C)CCCCCO2)C(=O)N1CCc2ccccc2C1(C)C. The highest BCUT2D eigenvalue weighted by Crippen LogP contribution is 2.42. The molecule has 34 heavy (non-hydrogen) atoms. The van der Waals surface area contributed by atoms with Crippen LogP contribution >= 0.6 is 0 Å². The standard InChI is InChI=1S/C29H36N2O3/c1-6-21(28(32)31-18-16-22-12-8-9-13-24(22)29(31,2)3)20-23-14-15-25(33-5)27-26(23)30(4)17-10-7-11-19-34-27/h6,8-9,12-15,20H,1,7,10-11,16-19H2,2-5H3/b21-20+. The van der Waals surface area contributed by atoms with Crippen LogP contribution in [0.2, 0.25) is 0 Å². The van der Waals surface area contributed by atoms with Crippen molar-refractivity contribution in [2.24, 2.45) is 0 Å². The van der Waals surface area contributed by atoms with Gasteiger partial charge in [-0.25, -0.2) is 0 Å². The minimum Gasteiger partial charge on any atom is -0.493 e. The summed E-state index contributed by atoms with van der Waals surface area (Å²) in [5.41, 5.74) is 4.58. The van der Waals surface area contributed by atoms with Crippen molar-refractivity contribution in [2.75, 3.05) is 38.8 Å². The second-order valence-electron chi connectivity index (χ2n) is 9.59. The number of fused-ring (bicyclic) bond motifs is 2. The molecule has 2 heterocycles. The Hall–Kier alpha value is -3.21. The zero-order valence-electron chi connectivity index (χ0n) is 20.9. The first-order chi connectivity index (χ1) is 16.4. The quantitative estimate of drug-likeness (QED) is 0.441. The molecule has 2 aliphatic rings. The average Bonchev–Trinajstić information content (AvgIpc) is 2.93. The number of rotatable bonds is 4. The first kappa shape index (κ1) is 23.9. The number of benzene rings is 2. The number of amides is 1. The number of anilines is 1. The van der Waals surface area contributed by atoms with Crippen LogP contribution in [0.1, 0.15) is 49.8 Å². The van der Waals surface area contributed by atoms with E-state index in [4.69, 9.17) is 9.47 Å². The number of methoxy groups -OCH3 is 1. The molecule has 2 aromatic carbocycles. The van der Waals surface area contributed by atoms with Crippen molar-refractivity contribution in [3.05, 3.63) is 71.3 Å². The Bertz CT molecular complexity index is 1100. The highest BCUT2D eigenvalue weighted by atomic mass is 16.5. The predicted molar refractivity (Wildman–Crippen MR) is 139 cm³/mol. The van der Waals surface area contributed by atoms with Gasteiger partial charge in [0.2, 0.25) is 0 Å². The molecule has 2 aromatic rings. The molecule has 0 unspecified atom stereocenters. The highest BCUT2D eigenvalue weighted by Gasteiger charge is 2.37. The highest BCUT2D eigenvalue weighted by molar-refractivity contribution is 6.02. The van der Waals surface area contributed by atoms with Gasteiger partial charge in [0.05, 0.1) is 24.9 Å². The van der Waals surface area contributed by atoms with Crippen molar-refractivity contribution in [1.82, 2.24) is 4.90 Å². The van der Waals surface area contributed by atoms with Crippen molar-refractivity contribution in [2.45, 2.75) is 45.1 Å². The molecule has 5 nitrogen and oxygen atoms in total. The van der Waals surface area contributed by atoms with E-state index in [9.17, 15) is 4.79 Å². The van der Waals surface area contributed by atoms with Crippen LogP contribution in [0.15, 0.2) is 54.6 Å². The van der Waals surface area contributed by atoms with Crippen molar-refractivity contribution >= 4 is 17.7 Å². The van der Waals surface area contributed by atoms with E-state index in [1.165, 1.54) is 11.1 Å². The average molecular weight is 461 g/mol. The van der Waals surface area contributed by atoms with Crippen molar-refractivity contribution in [3.63, 3.8) is 0 Å². The fourth-order valence-corrected chi connectivity index (χ4v) is 5.17. The molecular weight excluding hydrogens is 424 g/mol. The van der Waals surface area contributed by atoms with Crippen LogP contribution in [0.5, 0.6) is 11.5 Å². The lowest BCUT2D eigenvalue weighted by Crippen LogP contribution is -2.50. The van der Waals surface area contributed by atoms with Crippen LogP contribution in [0.4, 0.5) is 5.69 Å². The van der Waals surface area contributed by atoms with Crippen LogP contribution in [0, 0.1) is 0 Å². The fourth-order valence-electron chi connectivity index (χ4n) is 5.17. The first-order valence-corrected chi connectivity index (χ1v) is 12.2. The van der Waals surface area contributed by atoms with E-state index in [1.54, 1.807) is 13.2 Å². The number of carbonyl (C=O) groups is 1. The normalized spacial score (nSPS) is 17.9. The Balaban J connectivity index is 1.75. The van der Waals surface area contributed by atoms with Crippen LogP contribution in [0.25, 0.3) is 6.08 Å². The summed E-state index contributed by atoms with van der Waals surface area (Å²) in [6.45, 7) is 10.5. The lowest BCUT2D eigenvalue weighted by atomic mass is 9.83. The van der Waals surface area contributed by atoms with Gasteiger partial charge in [-0.1, -0.05) is 36.9 Å². The molecule has 5 heteroatoms. The fraction of sp³-hybridized carbons (Fsp3) is 0.414. The molecule has 0 aliphatic carbocycles. The van der Waals surface area contributed by atoms with Gasteiger partial charge in [-0.3, -0.25) is 4.79 Å². The van der Waals surface area contributed by atoms with Crippen molar-refractivity contribution < 1.29 is 14.3 Å². The second kappa shape index (κ2) is 9.96. The number of hydrogen-bond donors (Lipinski definition) is 0. The maximum atomic E-state index is 13.8. The molecule has 0 N–H and O–H groups in total. The van der Waals surface area contributed by atoms with E-state index in [1.807, 2.05) is 29.2 Å². The molecule has 0 fully saturated rings. The van der Waals surface area contributed by atoms with E-state index in [2.05, 4.69) is 50.6 Å². The van der Waals surface area contributed by atoms with Gasteiger partial charge >= 0.3 is 0 Å². The summed E-state index contributed by atoms with van der Waals surface area (Å²) in [6.07, 6.45) is 7.69. The lowest BCUT2D eigenvalue weighted by Gasteiger charge is -2.44. The van der Waals surface area contributed by atoms with E-state index in [0.29, 0.717) is 24.5 Å². The molecule has 0 atom stereocenters. The van der Waals surface area contributed by atoms with E-state index in [-0.39, 0.29) is 5.91 Å². The summed E-state index contributed by atoms with van der Waals surface area (Å²) >= 11 is 0. The molecule has 0 radical (unpaired) electrons. The van der Waals surface area contributed by atoms with Gasteiger partial charge in [0.25, 0.3) is 5.91 Å². The third kappa shape index (κ3) is 4.44. The third-order valence-corrected chi connectivity index (χ3v) is 7.09. The Morgan fingerprint density at radius 3 is 2.68 bits per heavy atom. The van der Waals surface area contributed by atoms with Gasteiger partial charge < -0.3 is 19.3 Å². The number of carbonyl (C=O) groups excluding carboxylic acids is 1. The van der Waals surface area contributed by atoms with Crippen LogP contribution < -0.4 is 14.4 Å². The van der Waals surface area contributed by atoms with E-state index < -0.39 is 5.54 Å². The monoisotopic (exact) mass is 460 g/mol. The predicted octanol–water partition coefficient (Wildman–Crippen LogP) is 5.58. The smallest absolute Gasteiger partial charge is 0.254 e. The maximum Gasteiger partial charge on any atom is 0.254 e. The summed E-state index contributed by atoms with van der Waals surface area (Å²) in [5.74, 6) is 1.44. The van der Waals surface area contributed by atoms with Gasteiger partial charge in [0, 0.05) is 31.3 Å². The number of nitrogens with zero attached hydrogens (tertiary/aromatic N) is 2. The van der Waals surface area contributed by atoms with Crippen LogP contribution in [-0.4, -0.2) is 44.7 Å². The second-order valence-corrected chi connectivity index (χ2v) is 9.59. The molecule has 180 valence electrons. The molecular formula is C29H36N2O3. The lowest BCUT2D eigenvalue weighted by molar-refractivity contribution is -0.132. The van der Waals surface area contributed by atoms with Crippen LogP contribution in [-0.2, 0) is 16.8 Å². The number of ether oxygens (including phenoxy) is 2.